The van der Waals surface area contributed by atoms with E-state index in [9.17, 15) is 9.59 Å². The lowest BCUT2D eigenvalue weighted by Gasteiger charge is -2.15. The highest BCUT2D eigenvalue weighted by molar-refractivity contribution is 6.30. The molecular formula is C24H23ClN2O3. The zero-order valence-electron chi connectivity index (χ0n) is 17.0. The zero-order chi connectivity index (χ0) is 21.7. The van der Waals surface area contributed by atoms with Crippen molar-refractivity contribution in [2.45, 2.75) is 26.9 Å². The first kappa shape index (κ1) is 21.4. The molecule has 0 bridgehead atoms. The minimum Gasteiger partial charge on any atom is -0.481 e. The number of halogens is 1. The van der Waals surface area contributed by atoms with Gasteiger partial charge in [-0.2, -0.15) is 0 Å². The van der Waals surface area contributed by atoms with E-state index >= 15 is 0 Å². The first-order valence-corrected chi connectivity index (χ1v) is 9.91. The molecule has 2 N–H and O–H groups in total. The molecule has 0 heterocycles. The number of benzene rings is 3. The van der Waals surface area contributed by atoms with Crippen molar-refractivity contribution >= 4 is 34.8 Å². The van der Waals surface area contributed by atoms with Crippen molar-refractivity contribution in [1.82, 2.24) is 0 Å². The molecular weight excluding hydrogens is 400 g/mol. The molecule has 0 aliphatic carbocycles. The lowest BCUT2D eigenvalue weighted by molar-refractivity contribution is -0.122. The van der Waals surface area contributed by atoms with Crippen LogP contribution in [0.5, 0.6) is 5.75 Å². The van der Waals surface area contributed by atoms with Gasteiger partial charge in [-0.25, -0.2) is 0 Å². The average Bonchev–Trinajstić information content (AvgIpc) is 2.72. The molecule has 3 rings (SSSR count). The number of hydrogen-bond donors (Lipinski definition) is 2. The monoisotopic (exact) mass is 422 g/mol. The topological polar surface area (TPSA) is 67.4 Å². The smallest absolute Gasteiger partial charge is 0.265 e. The lowest BCUT2D eigenvalue weighted by atomic mass is 10.1. The van der Waals surface area contributed by atoms with Gasteiger partial charge >= 0.3 is 0 Å². The lowest BCUT2D eigenvalue weighted by Crippen LogP contribution is -2.30. The summed E-state index contributed by atoms with van der Waals surface area (Å²) in [5, 5.41) is 6.30. The summed E-state index contributed by atoms with van der Waals surface area (Å²) in [6.45, 7) is 5.53. The van der Waals surface area contributed by atoms with E-state index in [1.54, 1.807) is 49.4 Å². The number of ether oxygens (including phenoxy) is 1. The van der Waals surface area contributed by atoms with Crippen LogP contribution in [-0.4, -0.2) is 17.9 Å². The van der Waals surface area contributed by atoms with Gasteiger partial charge in [0.25, 0.3) is 11.8 Å². The van der Waals surface area contributed by atoms with E-state index in [0.29, 0.717) is 27.7 Å². The Labute approximate surface area is 181 Å². The summed E-state index contributed by atoms with van der Waals surface area (Å²) in [6.07, 6.45) is -0.692. The van der Waals surface area contributed by atoms with Gasteiger partial charge in [-0.1, -0.05) is 29.3 Å². The first-order chi connectivity index (χ1) is 14.3. The molecule has 1 atom stereocenters. The summed E-state index contributed by atoms with van der Waals surface area (Å²) in [4.78, 5) is 24.8. The van der Waals surface area contributed by atoms with Crippen LogP contribution in [0.3, 0.4) is 0 Å². The molecule has 0 saturated heterocycles. The Morgan fingerprint density at radius 2 is 1.57 bits per heavy atom. The van der Waals surface area contributed by atoms with Crippen molar-refractivity contribution in [3.8, 4) is 5.75 Å². The Morgan fingerprint density at radius 3 is 2.20 bits per heavy atom. The second-order valence-corrected chi connectivity index (χ2v) is 7.49. The summed E-state index contributed by atoms with van der Waals surface area (Å²) >= 11 is 5.95. The van der Waals surface area contributed by atoms with Crippen molar-refractivity contribution < 1.29 is 14.3 Å². The summed E-state index contributed by atoms with van der Waals surface area (Å²) in [5.41, 5.74) is 3.89. The van der Waals surface area contributed by atoms with Crippen LogP contribution >= 0.6 is 11.6 Å². The van der Waals surface area contributed by atoms with E-state index < -0.39 is 6.10 Å². The molecule has 30 heavy (non-hydrogen) atoms. The van der Waals surface area contributed by atoms with E-state index in [0.717, 1.165) is 11.1 Å². The second-order valence-electron chi connectivity index (χ2n) is 7.05. The van der Waals surface area contributed by atoms with Gasteiger partial charge in [0.15, 0.2) is 6.10 Å². The van der Waals surface area contributed by atoms with Crippen LogP contribution in [0.25, 0.3) is 0 Å². The summed E-state index contributed by atoms with van der Waals surface area (Å²) in [7, 11) is 0. The van der Waals surface area contributed by atoms with Gasteiger partial charge in [0.2, 0.25) is 0 Å². The molecule has 0 aliphatic rings. The third-order valence-electron chi connectivity index (χ3n) is 4.55. The predicted molar refractivity (Wildman–Crippen MR) is 120 cm³/mol. The Kier molecular flexibility index (Phi) is 6.75. The SMILES string of the molecule is Cc1ccc(NC(=O)[C@H](C)Oc2ccc(C(=O)Nc3ccc(Cl)cc3C)cc2)cc1. The number of anilines is 2. The minimum atomic E-state index is -0.692. The number of carbonyl (C=O) groups excluding carboxylic acids is 2. The zero-order valence-corrected chi connectivity index (χ0v) is 17.8. The van der Waals surface area contributed by atoms with E-state index in [1.165, 1.54) is 0 Å². The summed E-state index contributed by atoms with van der Waals surface area (Å²) < 4.78 is 5.70. The van der Waals surface area contributed by atoms with Crippen molar-refractivity contribution in [3.63, 3.8) is 0 Å². The number of carbonyl (C=O) groups is 2. The number of aryl methyl sites for hydroxylation is 2. The Bertz CT molecular complexity index is 1050. The van der Waals surface area contributed by atoms with Gasteiger partial charge in [-0.3, -0.25) is 9.59 Å². The highest BCUT2D eigenvalue weighted by atomic mass is 35.5. The highest BCUT2D eigenvalue weighted by Crippen LogP contribution is 2.21. The molecule has 0 unspecified atom stereocenters. The fourth-order valence-electron chi connectivity index (χ4n) is 2.79. The van der Waals surface area contributed by atoms with Gasteiger partial charge < -0.3 is 15.4 Å². The molecule has 6 heteroatoms. The molecule has 0 aromatic heterocycles. The molecule has 5 nitrogen and oxygen atoms in total. The van der Waals surface area contributed by atoms with Gasteiger partial charge in [0.05, 0.1) is 0 Å². The van der Waals surface area contributed by atoms with E-state index in [2.05, 4.69) is 10.6 Å². The Hall–Kier alpha value is -3.31. The van der Waals surface area contributed by atoms with E-state index in [1.807, 2.05) is 38.1 Å². The molecule has 0 fully saturated rings. The molecule has 0 aliphatic heterocycles. The van der Waals surface area contributed by atoms with Crippen LogP contribution in [0.1, 0.15) is 28.4 Å². The average molecular weight is 423 g/mol. The Morgan fingerprint density at radius 1 is 0.900 bits per heavy atom. The van der Waals surface area contributed by atoms with Crippen molar-refractivity contribution in [2.75, 3.05) is 10.6 Å². The number of nitrogens with one attached hydrogen (secondary N) is 2. The largest absolute Gasteiger partial charge is 0.481 e. The standard InChI is InChI=1S/C24H23ClN2O3/c1-15-4-9-20(10-5-15)26-23(28)17(3)30-21-11-6-18(7-12-21)24(29)27-22-13-8-19(25)14-16(22)2/h4-14,17H,1-3H3,(H,26,28)(H,27,29)/t17-/m0/s1. The molecule has 154 valence electrons. The molecule has 2 amide bonds. The van der Waals surface area contributed by atoms with E-state index in [4.69, 9.17) is 16.3 Å². The Balaban J connectivity index is 1.58. The predicted octanol–water partition coefficient (Wildman–Crippen LogP) is 5.62. The number of rotatable bonds is 6. The first-order valence-electron chi connectivity index (χ1n) is 9.53. The van der Waals surface area contributed by atoms with E-state index in [-0.39, 0.29) is 11.8 Å². The molecule has 3 aromatic rings. The van der Waals surface area contributed by atoms with Crippen molar-refractivity contribution in [2.24, 2.45) is 0 Å². The third kappa shape index (κ3) is 5.61. The second kappa shape index (κ2) is 9.46. The maximum absolute atomic E-state index is 12.5. The number of hydrogen-bond acceptors (Lipinski definition) is 3. The number of amides is 2. The molecule has 0 radical (unpaired) electrons. The molecule has 3 aromatic carbocycles. The summed E-state index contributed by atoms with van der Waals surface area (Å²) in [6, 6.07) is 19.5. The quantitative estimate of drug-likeness (QED) is 0.542. The fourth-order valence-corrected chi connectivity index (χ4v) is 3.01. The van der Waals surface area contributed by atoms with Crippen LogP contribution in [0.4, 0.5) is 11.4 Å². The maximum Gasteiger partial charge on any atom is 0.265 e. The van der Waals surface area contributed by atoms with Gasteiger partial charge in [-0.05, 0) is 80.9 Å². The van der Waals surface area contributed by atoms with Gasteiger partial charge in [-0.15, -0.1) is 0 Å². The van der Waals surface area contributed by atoms with Gasteiger partial charge in [0, 0.05) is 22.0 Å². The van der Waals surface area contributed by atoms with Crippen LogP contribution in [-0.2, 0) is 4.79 Å². The maximum atomic E-state index is 12.5. The fraction of sp³-hybridized carbons (Fsp3) is 0.167. The van der Waals surface area contributed by atoms with Crippen LogP contribution in [0.2, 0.25) is 5.02 Å². The van der Waals surface area contributed by atoms with Crippen molar-refractivity contribution in [3.05, 3.63) is 88.4 Å². The van der Waals surface area contributed by atoms with Gasteiger partial charge in [0.1, 0.15) is 5.75 Å². The van der Waals surface area contributed by atoms with Crippen LogP contribution in [0, 0.1) is 13.8 Å². The summed E-state index contributed by atoms with van der Waals surface area (Å²) in [5.74, 6) is 0.0109. The van der Waals surface area contributed by atoms with Crippen LogP contribution in [0.15, 0.2) is 66.7 Å². The normalized spacial score (nSPS) is 11.5. The minimum absolute atomic E-state index is 0.239. The van der Waals surface area contributed by atoms with Crippen LogP contribution < -0.4 is 15.4 Å². The molecule has 0 saturated carbocycles. The molecule has 0 spiro atoms. The van der Waals surface area contributed by atoms with Crippen molar-refractivity contribution in [1.29, 1.82) is 0 Å². The third-order valence-corrected chi connectivity index (χ3v) is 4.79. The highest BCUT2D eigenvalue weighted by Gasteiger charge is 2.15.